The minimum atomic E-state index is -0.116. The number of methoxy groups -OCH3 is 1. The molecule has 4 heteroatoms. The van der Waals surface area contributed by atoms with Gasteiger partial charge >= 0.3 is 0 Å². The van der Waals surface area contributed by atoms with Crippen molar-refractivity contribution in [1.29, 1.82) is 0 Å². The molecule has 0 aliphatic carbocycles. The van der Waals surface area contributed by atoms with Crippen LogP contribution in [0.1, 0.15) is 31.8 Å². The summed E-state index contributed by atoms with van der Waals surface area (Å²) in [4.78, 5) is 24.4. The molecule has 0 saturated carbocycles. The molecule has 21 heavy (non-hydrogen) atoms. The van der Waals surface area contributed by atoms with E-state index in [1.165, 1.54) is 0 Å². The van der Waals surface area contributed by atoms with Gasteiger partial charge < -0.3 is 10.1 Å². The van der Waals surface area contributed by atoms with Gasteiger partial charge in [-0.05, 0) is 30.2 Å². The zero-order valence-electron chi connectivity index (χ0n) is 11.7. The van der Waals surface area contributed by atoms with E-state index in [-0.39, 0.29) is 11.7 Å². The van der Waals surface area contributed by atoms with Crippen LogP contribution in [0.3, 0.4) is 0 Å². The van der Waals surface area contributed by atoms with Gasteiger partial charge in [-0.1, -0.05) is 24.3 Å². The summed E-state index contributed by atoms with van der Waals surface area (Å²) in [6.07, 6.45) is 0.800. The summed E-state index contributed by atoms with van der Waals surface area (Å²) in [5, 5.41) is 2.79. The van der Waals surface area contributed by atoms with Gasteiger partial charge in [0.05, 0.1) is 7.11 Å². The van der Waals surface area contributed by atoms with E-state index < -0.39 is 0 Å². The molecule has 0 saturated heterocycles. The smallest absolute Gasteiger partial charge is 0.251 e. The van der Waals surface area contributed by atoms with Gasteiger partial charge in [0.15, 0.2) is 5.78 Å². The van der Waals surface area contributed by atoms with Crippen molar-refractivity contribution in [3.05, 3.63) is 64.7 Å². The zero-order valence-corrected chi connectivity index (χ0v) is 11.7. The lowest BCUT2D eigenvalue weighted by Gasteiger charge is -2.17. The number of rotatable bonds is 3. The second-order valence-corrected chi connectivity index (χ2v) is 4.94. The minimum Gasteiger partial charge on any atom is -0.497 e. The fourth-order valence-corrected chi connectivity index (χ4v) is 2.48. The number of ketones is 1. The SMILES string of the molecule is COc1cccc(C(=O)c2ccc3c(c2)C(=O)NCC3)c1. The minimum absolute atomic E-state index is 0.114. The van der Waals surface area contributed by atoms with E-state index in [0.717, 1.165) is 12.0 Å². The van der Waals surface area contributed by atoms with Gasteiger partial charge in [-0.3, -0.25) is 9.59 Å². The number of hydrogen-bond donors (Lipinski definition) is 1. The van der Waals surface area contributed by atoms with Crippen LogP contribution in [0.4, 0.5) is 0 Å². The molecule has 0 fully saturated rings. The summed E-state index contributed by atoms with van der Waals surface area (Å²) in [7, 11) is 1.56. The van der Waals surface area contributed by atoms with E-state index in [4.69, 9.17) is 4.74 Å². The van der Waals surface area contributed by atoms with E-state index in [9.17, 15) is 9.59 Å². The highest BCUT2D eigenvalue weighted by molar-refractivity contribution is 6.10. The highest BCUT2D eigenvalue weighted by atomic mass is 16.5. The van der Waals surface area contributed by atoms with Crippen LogP contribution in [0.15, 0.2) is 42.5 Å². The van der Waals surface area contributed by atoms with Crippen LogP contribution in [0.2, 0.25) is 0 Å². The molecule has 0 bridgehead atoms. The van der Waals surface area contributed by atoms with Crippen molar-refractivity contribution in [2.24, 2.45) is 0 Å². The van der Waals surface area contributed by atoms with Crippen LogP contribution < -0.4 is 10.1 Å². The summed E-state index contributed by atoms with van der Waals surface area (Å²) < 4.78 is 5.13. The van der Waals surface area contributed by atoms with Crippen molar-refractivity contribution in [2.45, 2.75) is 6.42 Å². The predicted octanol–water partition coefficient (Wildman–Crippen LogP) is 2.21. The Kier molecular flexibility index (Phi) is 3.44. The molecule has 1 heterocycles. The quantitative estimate of drug-likeness (QED) is 0.878. The van der Waals surface area contributed by atoms with E-state index in [2.05, 4.69) is 5.32 Å². The number of carbonyl (C=O) groups excluding carboxylic acids is 2. The Bertz CT molecular complexity index is 722. The highest BCUT2D eigenvalue weighted by Crippen LogP contribution is 2.20. The first kappa shape index (κ1) is 13.4. The third-order valence-electron chi connectivity index (χ3n) is 3.63. The lowest BCUT2D eigenvalue weighted by atomic mass is 9.94. The molecule has 106 valence electrons. The Morgan fingerprint density at radius 1 is 1.14 bits per heavy atom. The number of ether oxygens (including phenoxy) is 1. The highest BCUT2D eigenvalue weighted by Gasteiger charge is 2.19. The van der Waals surface area contributed by atoms with Gasteiger partial charge in [0, 0.05) is 23.2 Å². The molecule has 4 nitrogen and oxygen atoms in total. The Morgan fingerprint density at radius 2 is 1.95 bits per heavy atom. The molecule has 2 aromatic rings. The van der Waals surface area contributed by atoms with Gasteiger partial charge in [-0.25, -0.2) is 0 Å². The third kappa shape index (κ3) is 2.52. The maximum Gasteiger partial charge on any atom is 0.251 e. The predicted molar refractivity (Wildman–Crippen MR) is 78.9 cm³/mol. The molecular formula is C17H15NO3. The number of hydrogen-bond acceptors (Lipinski definition) is 3. The van der Waals surface area contributed by atoms with E-state index in [1.807, 2.05) is 6.07 Å². The fourth-order valence-electron chi connectivity index (χ4n) is 2.48. The standard InChI is InChI=1S/C17H15NO3/c1-21-14-4-2-3-12(9-14)16(19)13-6-5-11-7-8-18-17(20)15(11)10-13/h2-6,9-10H,7-8H2,1H3,(H,18,20). The lowest BCUT2D eigenvalue weighted by molar-refractivity contribution is 0.0946. The Labute approximate surface area is 122 Å². The van der Waals surface area contributed by atoms with Crippen LogP contribution in [-0.2, 0) is 6.42 Å². The third-order valence-corrected chi connectivity index (χ3v) is 3.63. The first-order valence-electron chi connectivity index (χ1n) is 6.79. The summed E-state index contributed by atoms with van der Waals surface area (Å²) in [5.41, 5.74) is 2.64. The van der Waals surface area contributed by atoms with Crippen LogP contribution in [-0.4, -0.2) is 25.3 Å². The number of carbonyl (C=O) groups is 2. The normalized spacial score (nSPS) is 13.3. The average Bonchev–Trinajstić information content (AvgIpc) is 2.54. The molecule has 1 amide bonds. The van der Waals surface area contributed by atoms with Crippen LogP contribution in [0.25, 0.3) is 0 Å². The van der Waals surface area contributed by atoms with E-state index in [1.54, 1.807) is 43.5 Å². The molecule has 2 aromatic carbocycles. The van der Waals surface area contributed by atoms with Gasteiger partial charge in [0.2, 0.25) is 0 Å². The summed E-state index contributed by atoms with van der Waals surface area (Å²) in [6.45, 7) is 0.648. The lowest BCUT2D eigenvalue weighted by Crippen LogP contribution is -2.32. The van der Waals surface area contributed by atoms with Crippen LogP contribution >= 0.6 is 0 Å². The molecule has 1 aliphatic rings. The maximum atomic E-state index is 12.5. The molecule has 0 unspecified atom stereocenters. The molecule has 3 rings (SSSR count). The van der Waals surface area contributed by atoms with Crippen molar-refractivity contribution >= 4 is 11.7 Å². The van der Waals surface area contributed by atoms with E-state index in [0.29, 0.717) is 29.0 Å². The van der Waals surface area contributed by atoms with Gasteiger partial charge in [-0.2, -0.15) is 0 Å². The number of fused-ring (bicyclic) bond motifs is 1. The molecule has 1 aliphatic heterocycles. The first-order chi connectivity index (χ1) is 10.2. The van der Waals surface area contributed by atoms with Crippen LogP contribution in [0.5, 0.6) is 5.75 Å². The average molecular weight is 281 g/mol. The van der Waals surface area contributed by atoms with Gasteiger partial charge in [0.25, 0.3) is 5.91 Å². The van der Waals surface area contributed by atoms with Crippen LogP contribution in [0, 0.1) is 0 Å². The number of nitrogens with one attached hydrogen (secondary N) is 1. The molecule has 0 spiro atoms. The molecule has 0 radical (unpaired) electrons. The van der Waals surface area contributed by atoms with E-state index >= 15 is 0 Å². The number of benzene rings is 2. The second-order valence-electron chi connectivity index (χ2n) is 4.94. The molecule has 0 atom stereocenters. The van der Waals surface area contributed by atoms with Crippen molar-refractivity contribution in [1.82, 2.24) is 5.32 Å². The topological polar surface area (TPSA) is 55.4 Å². The first-order valence-corrected chi connectivity index (χ1v) is 6.79. The molecular weight excluding hydrogens is 266 g/mol. The van der Waals surface area contributed by atoms with Crippen molar-refractivity contribution in [3.63, 3.8) is 0 Å². The Balaban J connectivity index is 1.98. The van der Waals surface area contributed by atoms with Crippen molar-refractivity contribution in [3.8, 4) is 5.75 Å². The Morgan fingerprint density at radius 3 is 2.76 bits per heavy atom. The zero-order chi connectivity index (χ0) is 14.8. The maximum absolute atomic E-state index is 12.5. The van der Waals surface area contributed by atoms with Crippen molar-refractivity contribution in [2.75, 3.05) is 13.7 Å². The summed E-state index contributed by atoms with van der Waals surface area (Å²) >= 11 is 0. The van der Waals surface area contributed by atoms with Gasteiger partial charge in [0.1, 0.15) is 5.75 Å². The fraction of sp³-hybridized carbons (Fsp3) is 0.176. The second kappa shape index (κ2) is 5.40. The summed E-state index contributed by atoms with van der Waals surface area (Å²) in [5.74, 6) is 0.406. The monoisotopic (exact) mass is 281 g/mol. The number of amides is 1. The van der Waals surface area contributed by atoms with Crippen molar-refractivity contribution < 1.29 is 14.3 Å². The largest absolute Gasteiger partial charge is 0.497 e. The van der Waals surface area contributed by atoms with Gasteiger partial charge in [-0.15, -0.1) is 0 Å². The summed E-state index contributed by atoms with van der Waals surface area (Å²) in [6, 6.07) is 12.3. The molecule has 1 N–H and O–H groups in total. The molecule has 0 aromatic heterocycles. The Hall–Kier alpha value is -2.62.